The van der Waals surface area contributed by atoms with Gasteiger partial charge in [-0.05, 0) is 58.2 Å². The summed E-state index contributed by atoms with van der Waals surface area (Å²) in [6, 6.07) is 13.3. The summed E-state index contributed by atoms with van der Waals surface area (Å²) >= 11 is 4.46. The van der Waals surface area contributed by atoms with E-state index in [9.17, 15) is 13.6 Å². The number of nitrogens with one attached hydrogen (secondary N) is 2. The summed E-state index contributed by atoms with van der Waals surface area (Å²) in [4.78, 5) is 20.8. The number of ketones is 1. The Hall–Kier alpha value is -2.71. The standard InChI is InChI=1S/C20H12BrF2N3OS/c21-11-8-13-14(10-25-20(13)24-9-11)19(27)17-15(22)6-7-16(18(17)23)26-28-12-4-2-1-3-5-12/h1-10,26H,(H,24,25). The van der Waals surface area contributed by atoms with Crippen molar-refractivity contribution in [1.29, 1.82) is 0 Å². The van der Waals surface area contributed by atoms with Crippen LogP contribution in [0.4, 0.5) is 14.5 Å². The molecule has 140 valence electrons. The van der Waals surface area contributed by atoms with Crippen LogP contribution in [0.2, 0.25) is 0 Å². The zero-order valence-electron chi connectivity index (χ0n) is 14.2. The normalized spacial score (nSPS) is 11.0. The molecule has 2 heterocycles. The van der Waals surface area contributed by atoms with Crippen LogP contribution in [-0.4, -0.2) is 15.8 Å². The molecule has 4 aromatic rings. The quantitative estimate of drug-likeness (QED) is 0.285. The van der Waals surface area contributed by atoms with Gasteiger partial charge in [0, 0.05) is 32.7 Å². The van der Waals surface area contributed by atoms with Gasteiger partial charge in [-0.25, -0.2) is 13.8 Å². The van der Waals surface area contributed by atoms with E-state index in [1.807, 2.05) is 30.3 Å². The Balaban J connectivity index is 1.70. The molecule has 2 aromatic carbocycles. The number of benzene rings is 2. The molecular weight excluding hydrogens is 448 g/mol. The van der Waals surface area contributed by atoms with Crippen LogP contribution in [-0.2, 0) is 0 Å². The predicted molar refractivity (Wildman–Crippen MR) is 110 cm³/mol. The molecule has 4 nitrogen and oxygen atoms in total. The van der Waals surface area contributed by atoms with Gasteiger partial charge in [-0.2, -0.15) is 0 Å². The van der Waals surface area contributed by atoms with Crippen molar-refractivity contribution in [3.63, 3.8) is 0 Å². The van der Waals surface area contributed by atoms with Crippen molar-refractivity contribution in [1.82, 2.24) is 9.97 Å². The number of H-pyrrole nitrogens is 1. The largest absolute Gasteiger partial charge is 0.345 e. The summed E-state index contributed by atoms with van der Waals surface area (Å²) in [6.07, 6.45) is 2.98. The molecule has 8 heteroatoms. The molecule has 0 unspecified atom stereocenters. The zero-order valence-corrected chi connectivity index (χ0v) is 16.6. The van der Waals surface area contributed by atoms with Gasteiger partial charge in [-0.15, -0.1) is 0 Å². The Morgan fingerprint density at radius 2 is 1.93 bits per heavy atom. The van der Waals surface area contributed by atoms with Crippen molar-refractivity contribution in [2.75, 3.05) is 4.72 Å². The average Bonchev–Trinajstić information content (AvgIpc) is 3.11. The summed E-state index contributed by atoms with van der Waals surface area (Å²) in [7, 11) is 0. The number of aromatic amines is 1. The summed E-state index contributed by atoms with van der Waals surface area (Å²) in [5.41, 5.74) is 0.0213. The smallest absolute Gasteiger partial charge is 0.201 e. The second-order valence-electron chi connectivity index (χ2n) is 5.88. The van der Waals surface area contributed by atoms with Crippen LogP contribution in [0.1, 0.15) is 15.9 Å². The van der Waals surface area contributed by atoms with Gasteiger partial charge in [0.25, 0.3) is 0 Å². The van der Waals surface area contributed by atoms with Crippen LogP contribution in [0.15, 0.2) is 70.3 Å². The first kappa shape index (κ1) is 18.6. The number of halogens is 3. The second kappa shape index (κ2) is 7.73. The first-order chi connectivity index (χ1) is 13.5. The Morgan fingerprint density at radius 1 is 1.14 bits per heavy atom. The topological polar surface area (TPSA) is 57.8 Å². The van der Waals surface area contributed by atoms with E-state index < -0.39 is 23.0 Å². The van der Waals surface area contributed by atoms with Gasteiger partial charge in [-0.1, -0.05) is 18.2 Å². The highest BCUT2D eigenvalue weighted by atomic mass is 79.9. The summed E-state index contributed by atoms with van der Waals surface area (Å²) in [6.45, 7) is 0. The fourth-order valence-electron chi connectivity index (χ4n) is 2.74. The van der Waals surface area contributed by atoms with E-state index in [2.05, 4.69) is 30.6 Å². The monoisotopic (exact) mass is 459 g/mol. The molecule has 4 rings (SSSR count). The van der Waals surface area contributed by atoms with Crippen molar-refractivity contribution in [3.05, 3.63) is 88.2 Å². The number of carbonyl (C=O) groups excluding carboxylic acids is 1. The van der Waals surface area contributed by atoms with E-state index >= 15 is 0 Å². The Labute approximate surface area is 171 Å². The first-order valence-electron chi connectivity index (χ1n) is 8.18. The Morgan fingerprint density at radius 3 is 2.71 bits per heavy atom. The maximum atomic E-state index is 15.0. The number of hydrogen-bond acceptors (Lipinski definition) is 4. The van der Waals surface area contributed by atoms with Gasteiger partial charge in [0.05, 0.1) is 11.3 Å². The molecule has 0 saturated carbocycles. The van der Waals surface area contributed by atoms with Gasteiger partial charge >= 0.3 is 0 Å². The van der Waals surface area contributed by atoms with E-state index in [0.29, 0.717) is 15.5 Å². The lowest BCUT2D eigenvalue weighted by Gasteiger charge is -2.10. The highest BCUT2D eigenvalue weighted by Crippen LogP contribution is 2.30. The minimum absolute atomic E-state index is 0.0257. The van der Waals surface area contributed by atoms with Gasteiger partial charge in [0.15, 0.2) is 5.82 Å². The molecule has 0 atom stereocenters. The van der Waals surface area contributed by atoms with Gasteiger partial charge < -0.3 is 9.71 Å². The first-order valence-corrected chi connectivity index (χ1v) is 9.79. The molecule has 0 aliphatic carbocycles. The third-order valence-electron chi connectivity index (χ3n) is 4.08. The molecule has 2 aromatic heterocycles. The van der Waals surface area contributed by atoms with Crippen LogP contribution in [0.25, 0.3) is 11.0 Å². The average molecular weight is 460 g/mol. The number of aromatic nitrogens is 2. The molecule has 28 heavy (non-hydrogen) atoms. The number of carbonyl (C=O) groups is 1. The van der Waals surface area contributed by atoms with Crippen LogP contribution in [0.5, 0.6) is 0 Å². The number of hydrogen-bond donors (Lipinski definition) is 2. The maximum absolute atomic E-state index is 15.0. The van der Waals surface area contributed by atoms with E-state index in [1.54, 1.807) is 12.3 Å². The minimum Gasteiger partial charge on any atom is -0.345 e. The molecule has 0 radical (unpaired) electrons. The molecule has 0 aliphatic heterocycles. The predicted octanol–water partition coefficient (Wildman–Crippen LogP) is 5.95. The fourth-order valence-corrected chi connectivity index (χ4v) is 3.75. The number of fused-ring (bicyclic) bond motifs is 1. The molecule has 0 saturated heterocycles. The van der Waals surface area contributed by atoms with Gasteiger partial charge in [0.2, 0.25) is 5.78 Å². The van der Waals surface area contributed by atoms with Crippen LogP contribution in [0, 0.1) is 11.6 Å². The summed E-state index contributed by atoms with van der Waals surface area (Å²) in [5.74, 6) is -2.62. The number of nitrogens with zero attached hydrogens (tertiary/aromatic N) is 1. The Bertz CT molecular complexity index is 1180. The molecule has 0 fully saturated rings. The third kappa shape index (κ3) is 3.53. The number of pyridine rings is 1. The lowest BCUT2D eigenvalue weighted by Crippen LogP contribution is -2.09. The number of anilines is 1. The lowest BCUT2D eigenvalue weighted by molar-refractivity contribution is 0.103. The third-order valence-corrected chi connectivity index (χ3v) is 5.35. The summed E-state index contributed by atoms with van der Waals surface area (Å²) < 4.78 is 32.9. The van der Waals surface area contributed by atoms with Crippen LogP contribution >= 0.6 is 27.9 Å². The molecule has 0 spiro atoms. The van der Waals surface area contributed by atoms with Crippen molar-refractivity contribution >= 4 is 50.4 Å². The zero-order chi connectivity index (χ0) is 19.7. The van der Waals surface area contributed by atoms with E-state index in [1.165, 1.54) is 24.2 Å². The van der Waals surface area contributed by atoms with E-state index in [0.717, 1.165) is 11.0 Å². The Kier molecular flexibility index (Phi) is 5.15. The fraction of sp³-hybridized carbons (Fsp3) is 0. The second-order valence-corrected chi connectivity index (χ2v) is 7.68. The van der Waals surface area contributed by atoms with Gasteiger partial charge in [-0.3, -0.25) is 4.79 Å². The molecule has 0 amide bonds. The lowest BCUT2D eigenvalue weighted by atomic mass is 10.0. The van der Waals surface area contributed by atoms with Crippen molar-refractivity contribution in [2.24, 2.45) is 0 Å². The highest BCUT2D eigenvalue weighted by Gasteiger charge is 2.24. The van der Waals surface area contributed by atoms with Gasteiger partial charge in [0.1, 0.15) is 11.5 Å². The van der Waals surface area contributed by atoms with Crippen molar-refractivity contribution in [2.45, 2.75) is 4.90 Å². The molecule has 2 N–H and O–H groups in total. The molecule has 0 bridgehead atoms. The molecule has 0 aliphatic rings. The molecular formula is C20H12BrF2N3OS. The van der Waals surface area contributed by atoms with E-state index in [-0.39, 0.29) is 11.3 Å². The van der Waals surface area contributed by atoms with E-state index in [4.69, 9.17) is 0 Å². The van der Waals surface area contributed by atoms with Crippen molar-refractivity contribution < 1.29 is 13.6 Å². The number of rotatable bonds is 5. The maximum Gasteiger partial charge on any atom is 0.201 e. The van der Waals surface area contributed by atoms with Crippen molar-refractivity contribution in [3.8, 4) is 0 Å². The minimum atomic E-state index is -0.939. The van der Waals surface area contributed by atoms with Crippen LogP contribution < -0.4 is 4.72 Å². The SMILES string of the molecule is O=C(c1c(F)ccc(NSc2ccccc2)c1F)c1c[nH]c2ncc(Br)cc12. The highest BCUT2D eigenvalue weighted by molar-refractivity contribution is 9.10. The van der Waals surface area contributed by atoms with Crippen LogP contribution in [0.3, 0.4) is 0 Å². The summed E-state index contributed by atoms with van der Waals surface area (Å²) in [5, 5.41) is 0.482.